The fraction of sp³-hybridized carbons (Fsp3) is 0.429. The van der Waals surface area contributed by atoms with E-state index < -0.39 is 22.0 Å². The fourth-order valence-electron chi connectivity index (χ4n) is 2.22. The van der Waals surface area contributed by atoms with Crippen molar-refractivity contribution in [2.45, 2.75) is 24.8 Å². The zero-order valence-corrected chi connectivity index (χ0v) is 14.0. The minimum atomic E-state index is -4.17. The molecule has 1 amide bonds. The SMILES string of the molecule is CC(=O)NCCN(C(C)C(=O)O)S(=O)(=O)c1cccc2c1OCO2. The topological polar surface area (TPSA) is 122 Å². The van der Waals surface area contributed by atoms with Crippen molar-refractivity contribution < 1.29 is 32.6 Å². The highest BCUT2D eigenvalue weighted by Gasteiger charge is 2.36. The number of benzene rings is 1. The maximum absolute atomic E-state index is 12.9. The summed E-state index contributed by atoms with van der Waals surface area (Å²) in [5.41, 5.74) is 0. The monoisotopic (exact) mass is 358 g/mol. The van der Waals surface area contributed by atoms with Crippen molar-refractivity contribution in [3.05, 3.63) is 18.2 Å². The van der Waals surface area contributed by atoms with Crippen molar-refractivity contribution in [1.82, 2.24) is 9.62 Å². The number of carbonyl (C=O) groups excluding carboxylic acids is 1. The van der Waals surface area contributed by atoms with Gasteiger partial charge in [-0.2, -0.15) is 4.31 Å². The number of sulfonamides is 1. The van der Waals surface area contributed by atoms with Gasteiger partial charge in [-0.25, -0.2) is 8.42 Å². The lowest BCUT2D eigenvalue weighted by atomic mass is 10.3. The van der Waals surface area contributed by atoms with Gasteiger partial charge in [0.15, 0.2) is 11.5 Å². The van der Waals surface area contributed by atoms with Crippen LogP contribution < -0.4 is 14.8 Å². The molecule has 24 heavy (non-hydrogen) atoms. The number of carboxylic acid groups (broad SMARTS) is 1. The maximum atomic E-state index is 12.9. The summed E-state index contributed by atoms with van der Waals surface area (Å²) in [5, 5.41) is 11.7. The first-order chi connectivity index (χ1) is 11.2. The molecule has 9 nitrogen and oxygen atoms in total. The van der Waals surface area contributed by atoms with Crippen molar-refractivity contribution in [1.29, 1.82) is 0 Å². The van der Waals surface area contributed by atoms with Gasteiger partial charge in [-0.15, -0.1) is 0 Å². The van der Waals surface area contributed by atoms with Crippen LogP contribution in [0.15, 0.2) is 23.1 Å². The van der Waals surface area contributed by atoms with Gasteiger partial charge in [0.05, 0.1) is 0 Å². The van der Waals surface area contributed by atoms with Crippen LogP contribution >= 0.6 is 0 Å². The number of hydrogen-bond donors (Lipinski definition) is 2. The second kappa shape index (κ2) is 7.05. The molecule has 0 fully saturated rings. The first-order valence-corrected chi connectivity index (χ1v) is 8.57. The van der Waals surface area contributed by atoms with Gasteiger partial charge in [-0.1, -0.05) is 6.07 Å². The Morgan fingerprint density at radius 3 is 2.71 bits per heavy atom. The molecule has 1 aliphatic rings. The molecule has 1 aliphatic heterocycles. The van der Waals surface area contributed by atoms with E-state index in [0.29, 0.717) is 0 Å². The van der Waals surface area contributed by atoms with Gasteiger partial charge in [0.1, 0.15) is 10.9 Å². The van der Waals surface area contributed by atoms with E-state index in [1.54, 1.807) is 6.07 Å². The van der Waals surface area contributed by atoms with Crippen molar-refractivity contribution >= 4 is 21.9 Å². The van der Waals surface area contributed by atoms with E-state index in [-0.39, 0.29) is 42.2 Å². The standard InChI is InChI=1S/C14H18N2O7S/c1-9(14(18)19)16(7-6-15-10(2)17)24(20,21)12-5-3-4-11-13(12)23-8-22-11/h3-5,9H,6-8H2,1-2H3,(H,15,17)(H,18,19). The minimum Gasteiger partial charge on any atom is -0.480 e. The predicted molar refractivity (Wildman–Crippen MR) is 82.2 cm³/mol. The summed E-state index contributed by atoms with van der Waals surface area (Å²) < 4.78 is 37.0. The Labute approximate surface area is 139 Å². The van der Waals surface area contributed by atoms with Crippen LogP contribution in [-0.2, 0) is 19.6 Å². The lowest BCUT2D eigenvalue weighted by Crippen LogP contribution is -2.46. The number of aliphatic carboxylic acids is 1. The van der Waals surface area contributed by atoms with E-state index in [0.717, 1.165) is 4.31 Å². The summed E-state index contributed by atoms with van der Waals surface area (Å²) in [4.78, 5) is 22.1. The average molecular weight is 358 g/mol. The summed E-state index contributed by atoms with van der Waals surface area (Å²) in [5.74, 6) is -1.31. The summed E-state index contributed by atoms with van der Waals surface area (Å²) in [6.45, 7) is 2.23. The van der Waals surface area contributed by atoms with Crippen LogP contribution in [0.4, 0.5) is 0 Å². The maximum Gasteiger partial charge on any atom is 0.321 e. The molecule has 10 heteroatoms. The van der Waals surface area contributed by atoms with Gasteiger partial charge in [-0.05, 0) is 19.1 Å². The quantitative estimate of drug-likeness (QED) is 0.704. The Kier molecular flexibility index (Phi) is 5.30. The van der Waals surface area contributed by atoms with E-state index in [4.69, 9.17) is 9.47 Å². The Hall–Kier alpha value is -2.33. The smallest absolute Gasteiger partial charge is 0.321 e. The second-order valence-electron chi connectivity index (χ2n) is 5.10. The van der Waals surface area contributed by atoms with Crippen LogP contribution in [0.5, 0.6) is 11.5 Å². The highest BCUT2D eigenvalue weighted by molar-refractivity contribution is 7.89. The number of nitrogens with zero attached hydrogens (tertiary/aromatic N) is 1. The summed E-state index contributed by atoms with van der Waals surface area (Å²) in [7, 11) is -4.17. The zero-order chi connectivity index (χ0) is 17.9. The van der Waals surface area contributed by atoms with Crippen LogP contribution in [0, 0.1) is 0 Å². The number of rotatable bonds is 7. The van der Waals surface area contributed by atoms with Gasteiger partial charge in [0, 0.05) is 20.0 Å². The molecule has 0 saturated heterocycles. The van der Waals surface area contributed by atoms with E-state index in [1.165, 1.54) is 26.0 Å². The number of para-hydroxylation sites is 1. The normalized spacial score (nSPS) is 14.5. The molecular weight excluding hydrogens is 340 g/mol. The van der Waals surface area contributed by atoms with Crippen LogP contribution in [0.1, 0.15) is 13.8 Å². The number of nitrogens with one attached hydrogen (secondary N) is 1. The lowest BCUT2D eigenvalue weighted by molar-refractivity contribution is -0.140. The third kappa shape index (κ3) is 3.60. The number of ether oxygens (including phenoxy) is 2. The van der Waals surface area contributed by atoms with Crippen LogP contribution in [0.25, 0.3) is 0 Å². The molecule has 0 radical (unpaired) electrons. The Morgan fingerprint density at radius 1 is 1.38 bits per heavy atom. The Balaban J connectivity index is 2.38. The van der Waals surface area contributed by atoms with Gasteiger partial charge < -0.3 is 19.9 Å². The average Bonchev–Trinajstić information content (AvgIpc) is 2.98. The number of carbonyl (C=O) groups is 2. The van der Waals surface area contributed by atoms with Crippen LogP contribution in [0.3, 0.4) is 0 Å². The first-order valence-electron chi connectivity index (χ1n) is 7.13. The van der Waals surface area contributed by atoms with Crippen LogP contribution in [-0.4, -0.2) is 55.6 Å². The van der Waals surface area contributed by atoms with E-state index in [1.807, 2.05) is 0 Å². The van der Waals surface area contributed by atoms with Crippen LogP contribution in [0.2, 0.25) is 0 Å². The van der Waals surface area contributed by atoms with Gasteiger partial charge in [0.2, 0.25) is 22.7 Å². The molecule has 2 N–H and O–H groups in total. The van der Waals surface area contributed by atoms with Gasteiger partial charge in [-0.3, -0.25) is 9.59 Å². The van der Waals surface area contributed by atoms with Crippen molar-refractivity contribution in [3.63, 3.8) is 0 Å². The molecule has 1 atom stereocenters. The second-order valence-corrected chi connectivity index (χ2v) is 6.96. The van der Waals surface area contributed by atoms with Crippen molar-refractivity contribution in [3.8, 4) is 11.5 Å². The largest absolute Gasteiger partial charge is 0.480 e. The minimum absolute atomic E-state index is 0.0153. The number of hydrogen-bond acceptors (Lipinski definition) is 6. The van der Waals surface area contributed by atoms with Crippen molar-refractivity contribution in [2.75, 3.05) is 19.9 Å². The van der Waals surface area contributed by atoms with E-state index in [9.17, 15) is 23.1 Å². The predicted octanol–water partition coefficient (Wildman–Crippen LogP) is 0.0152. The summed E-state index contributed by atoms with van der Waals surface area (Å²) in [6, 6.07) is 3.05. The Bertz CT molecular complexity index is 747. The number of fused-ring (bicyclic) bond motifs is 1. The molecule has 0 bridgehead atoms. The lowest BCUT2D eigenvalue weighted by Gasteiger charge is -2.26. The zero-order valence-electron chi connectivity index (χ0n) is 13.2. The molecule has 2 rings (SSSR count). The van der Waals surface area contributed by atoms with Crippen molar-refractivity contribution in [2.24, 2.45) is 0 Å². The molecule has 0 saturated carbocycles. The number of amides is 1. The highest BCUT2D eigenvalue weighted by atomic mass is 32.2. The summed E-state index contributed by atoms with van der Waals surface area (Å²) in [6.07, 6.45) is 0. The summed E-state index contributed by atoms with van der Waals surface area (Å²) >= 11 is 0. The first kappa shape index (κ1) is 18.0. The van der Waals surface area contributed by atoms with Gasteiger partial charge in [0.25, 0.3) is 0 Å². The molecule has 0 aliphatic carbocycles. The van der Waals surface area contributed by atoms with Gasteiger partial charge >= 0.3 is 5.97 Å². The molecule has 0 aromatic heterocycles. The third-order valence-electron chi connectivity index (χ3n) is 3.44. The third-order valence-corrected chi connectivity index (χ3v) is 5.44. The molecule has 1 aromatic carbocycles. The molecule has 0 spiro atoms. The number of carboxylic acids is 1. The molecule has 1 aromatic rings. The molecule has 132 valence electrons. The van der Waals surface area contributed by atoms with E-state index >= 15 is 0 Å². The molecular formula is C14H18N2O7S. The Morgan fingerprint density at radius 2 is 2.08 bits per heavy atom. The van der Waals surface area contributed by atoms with E-state index in [2.05, 4.69) is 5.32 Å². The molecule has 1 heterocycles. The fourth-order valence-corrected chi connectivity index (χ4v) is 3.96. The highest BCUT2D eigenvalue weighted by Crippen LogP contribution is 2.39. The molecule has 1 unspecified atom stereocenters.